The minimum absolute atomic E-state index is 0.0773. The number of nitrogens with two attached hydrogens (primary N) is 1. The summed E-state index contributed by atoms with van der Waals surface area (Å²) in [5, 5.41) is 0. The predicted octanol–water partition coefficient (Wildman–Crippen LogP) is -0.0205. The molecular formula is C19H25N5O3. The molecule has 0 atom stereocenters. The van der Waals surface area contributed by atoms with Crippen molar-refractivity contribution in [3.8, 4) is 0 Å². The highest BCUT2D eigenvalue weighted by molar-refractivity contribution is 6.01. The summed E-state index contributed by atoms with van der Waals surface area (Å²) < 4.78 is 2.05. The van der Waals surface area contributed by atoms with Gasteiger partial charge in [-0.2, -0.15) is 0 Å². The molecule has 0 bridgehead atoms. The molecule has 0 amide bonds. The van der Waals surface area contributed by atoms with Gasteiger partial charge in [-0.3, -0.25) is 23.6 Å². The number of hydrogen-bond acceptors (Lipinski definition) is 6. The van der Waals surface area contributed by atoms with Gasteiger partial charge in [0.25, 0.3) is 5.56 Å². The van der Waals surface area contributed by atoms with Crippen LogP contribution < -0.4 is 21.9 Å². The number of benzene rings is 1. The highest BCUT2D eigenvalue weighted by atomic mass is 16.2. The third kappa shape index (κ3) is 3.66. The summed E-state index contributed by atoms with van der Waals surface area (Å²) in [7, 11) is 2.80. The van der Waals surface area contributed by atoms with Crippen LogP contribution in [0.3, 0.4) is 0 Å². The number of anilines is 2. The molecule has 0 aliphatic carbocycles. The third-order valence-electron chi connectivity index (χ3n) is 5.10. The van der Waals surface area contributed by atoms with E-state index in [1.165, 1.54) is 25.3 Å². The Hall–Kier alpha value is -2.87. The molecule has 2 aromatic rings. The molecule has 8 heteroatoms. The molecule has 1 aliphatic heterocycles. The first-order chi connectivity index (χ1) is 12.8. The summed E-state index contributed by atoms with van der Waals surface area (Å²) in [6, 6.07) is 8.34. The minimum Gasteiger partial charge on any atom is -0.384 e. The Morgan fingerprint density at radius 2 is 1.74 bits per heavy atom. The second kappa shape index (κ2) is 7.40. The Kier molecular flexibility index (Phi) is 5.18. The van der Waals surface area contributed by atoms with Gasteiger partial charge in [0.15, 0.2) is 5.78 Å². The van der Waals surface area contributed by atoms with Crippen LogP contribution in [0, 0.1) is 6.92 Å². The van der Waals surface area contributed by atoms with Crippen molar-refractivity contribution in [2.24, 2.45) is 14.1 Å². The van der Waals surface area contributed by atoms with Crippen molar-refractivity contribution in [1.29, 1.82) is 0 Å². The zero-order valence-electron chi connectivity index (χ0n) is 15.9. The molecule has 2 N–H and O–H groups in total. The van der Waals surface area contributed by atoms with Gasteiger partial charge in [0.05, 0.1) is 6.54 Å². The second-order valence-corrected chi connectivity index (χ2v) is 6.99. The molecule has 1 aromatic carbocycles. The van der Waals surface area contributed by atoms with E-state index in [0.717, 1.165) is 22.2 Å². The number of nitrogen functional groups attached to an aromatic ring is 1. The van der Waals surface area contributed by atoms with Crippen molar-refractivity contribution in [1.82, 2.24) is 14.0 Å². The van der Waals surface area contributed by atoms with E-state index in [0.29, 0.717) is 13.1 Å². The van der Waals surface area contributed by atoms with Crippen LogP contribution in [-0.4, -0.2) is 52.5 Å². The Bertz CT molecular complexity index is 984. The number of nitrogens with zero attached hydrogens (tertiary/aromatic N) is 4. The van der Waals surface area contributed by atoms with Gasteiger partial charge in [-0.25, -0.2) is 4.79 Å². The smallest absolute Gasteiger partial charge is 0.332 e. The summed E-state index contributed by atoms with van der Waals surface area (Å²) in [5.74, 6) is -0.431. The highest BCUT2D eigenvalue weighted by Gasteiger charge is 2.24. The average molecular weight is 371 g/mol. The molecule has 27 heavy (non-hydrogen) atoms. The summed E-state index contributed by atoms with van der Waals surface area (Å²) in [6.07, 6.45) is 0. The first-order valence-electron chi connectivity index (χ1n) is 8.92. The highest BCUT2D eigenvalue weighted by Crippen LogP contribution is 2.18. The molecule has 1 aliphatic rings. The molecule has 1 aromatic heterocycles. The monoisotopic (exact) mass is 371 g/mol. The van der Waals surface area contributed by atoms with Crippen molar-refractivity contribution >= 4 is 17.3 Å². The summed E-state index contributed by atoms with van der Waals surface area (Å²) in [5.41, 5.74) is 6.97. The lowest BCUT2D eigenvalue weighted by Crippen LogP contribution is -2.49. The first kappa shape index (κ1) is 18.9. The number of aryl methyl sites for hydroxylation is 1. The molecule has 8 nitrogen and oxygen atoms in total. The molecule has 1 saturated heterocycles. The normalized spacial score (nSPS) is 15.1. The molecular weight excluding hydrogens is 346 g/mol. The van der Waals surface area contributed by atoms with E-state index in [9.17, 15) is 14.4 Å². The maximum absolute atomic E-state index is 12.7. The number of hydrogen-bond donors (Lipinski definition) is 1. The van der Waals surface area contributed by atoms with Crippen LogP contribution in [-0.2, 0) is 14.1 Å². The maximum Gasteiger partial charge on any atom is 0.332 e. The van der Waals surface area contributed by atoms with Crippen LogP contribution in [0.25, 0.3) is 0 Å². The fourth-order valence-corrected chi connectivity index (χ4v) is 3.39. The predicted molar refractivity (Wildman–Crippen MR) is 105 cm³/mol. The van der Waals surface area contributed by atoms with Crippen molar-refractivity contribution in [2.45, 2.75) is 6.92 Å². The molecule has 0 radical (unpaired) electrons. The van der Waals surface area contributed by atoms with Gasteiger partial charge < -0.3 is 10.6 Å². The Morgan fingerprint density at radius 1 is 1.07 bits per heavy atom. The lowest BCUT2D eigenvalue weighted by molar-refractivity contribution is 0.0924. The summed E-state index contributed by atoms with van der Waals surface area (Å²) >= 11 is 0. The standard InChI is InChI=1S/C19H25N5O3/c1-13-5-4-6-14(11-13)24-9-7-23(8-10-24)12-15(25)16-17(20)21(2)19(27)22(3)18(16)26/h4-6,11H,7-10,12,20H2,1-3H3. The van der Waals surface area contributed by atoms with Crippen LogP contribution in [0.15, 0.2) is 33.9 Å². The van der Waals surface area contributed by atoms with Gasteiger partial charge >= 0.3 is 5.69 Å². The van der Waals surface area contributed by atoms with Gasteiger partial charge in [-0.1, -0.05) is 12.1 Å². The number of carbonyl (C=O) groups is 1. The molecule has 0 spiro atoms. The van der Waals surface area contributed by atoms with E-state index in [-0.39, 0.29) is 23.7 Å². The van der Waals surface area contributed by atoms with Crippen LogP contribution in [0.2, 0.25) is 0 Å². The van der Waals surface area contributed by atoms with Crippen molar-refractivity contribution < 1.29 is 4.79 Å². The zero-order valence-corrected chi connectivity index (χ0v) is 15.9. The summed E-state index contributed by atoms with van der Waals surface area (Å²) in [6.45, 7) is 5.21. The zero-order chi connectivity index (χ0) is 19.7. The van der Waals surface area contributed by atoms with E-state index in [4.69, 9.17) is 5.73 Å². The van der Waals surface area contributed by atoms with Gasteiger partial charge in [0, 0.05) is 46.0 Å². The van der Waals surface area contributed by atoms with E-state index in [2.05, 4.69) is 30.0 Å². The first-order valence-corrected chi connectivity index (χ1v) is 8.92. The quantitative estimate of drug-likeness (QED) is 0.759. The topological polar surface area (TPSA) is 93.6 Å². The van der Waals surface area contributed by atoms with E-state index in [1.807, 2.05) is 11.0 Å². The fraction of sp³-hybridized carbons (Fsp3) is 0.421. The minimum atomic E-state index is -0.640. The molecule has 0 saturated carbocycles. The number of ketones is 1. The number of aromatic nitrogens is 2. The lowest BCUT2D eigenvalue weighted by Gasteiger charge is -2.35. The van der Waals surface area contributed by atoms with Gasteiger partial charge in [0.1, 0.15) is 11.4 Å². The summed E-state index contributed by atoms with van der Waals surface area (Å²) in [4.78, 5) is 41.2. The number of piperazine rings is 1. The number of Topliss-reactive ketones (excluding diaryl/α,β-unsaturated/α-hetero) is 1. The molecule has 144 valence electrons. The van der Waals surface area contributed by atoms with E-state index in [1.54, 1.807) is 0 Å². The van der Waals surface area contributed by atoms with Crippen molar-refractivity contribution in [3.05, 3.63) is 56.2 Å². The van der Waals surface area contributed by atoms with E-state index >= 15 is 0 Å². The van der Waals surface area contributed by atoms with Crippen LogP contribution in [0.1, 0.15) is 15.9 Å². The average Bonchev–Trinajstić information content (AvgIpc) is 2.65. The van der Waals surface area contributed by atoms with Crippen LogP contribution >= 0.6 is 0 Å². The number of carbonyl (C=O) groups excluding carboxylic acids is 1. The fourth-order valence-electron chi connectivity index (χ4n) is 3.39. The van der Waals surface area contributed by atoms with Crippen molar-refractivity contribution in [2.75, 3.05) is 43.4 Å². The molecule has 2 heterocycles. The largest absolute Gasteiger partial charge is 0.384 e. The van der Waals surface area contributed by atoms with Gasteiger partial charge in [-0.05, 0) is 24.6 Å². The second-order valence-electron chi connectivity index (χ2n) is 6.99. The third-order valence-corrected chi connectivity index (χ3v) is 5.10. The van der Waals surface area contributed by atoms with Crippen LogP contribution in [0.4, 0.5) is 11.5 Å². The Morgan fingerprint density at radius 3 is 2.37 bits per heavy atom. The van der Waals surface area contributed by atoms with Gasteiger partial charge in [0.2, 0.25) is 0 Å². The molecule has 1 fully saturated rings. The molecule has 3 rings (SSSR count). The van der Waals surface area contributed by atoms with Crippen LogP contribution in [0.5, 0.6) is 0 Å². The Labute approximate surface area is 157 Å². The maximum atomic E-state index is 12.7. The Balaban J connectivity index is 1.70. The lowest BCUT2D eigenvalue weighted by atomic mass is 10.1. The van der Waals surface area contributed by atoms with Crippen molar-refractivity contribution in [3.63, 3.8) is 0 Å². The number of rotatable bonds is 4. The van der Waals surface area contributed by atoms with E-state index < -0.39 is 11.2 Å². The SMILES string of the molecule is Cc1cccc(N2CCN(CC(=O)c3c(N)n(C)c(=O)n(C)c3=O)CC2)c1. The van der Waals surface area contributed by atoms with Gasteiger partial charge in [-0.15, -0.1) is 0 Å². The molecule has 0 unspecified atom stereocenters.